The molecular weight excluding hydrogens is 402 g/mol. The lowest BCUT2D eigenvalue weighted by Gasteiger charge is -2.34. The van der Waals surface area contributed by atoms with Gasteiger partial charge in [-0.25, -0.2) is 0 Å². The highest BCUT2D eigenvalue weighted by Crippen LogP contribution is 2.36. The molecule has 2 aliphatic heterocycles. The molecule has 2 N–H and O–H groups in total. The largest absolute Gasteiger partial charge is 0.336 e. The molecule has 3 aliphatic rings. The molecule has 1 unspecified atom stereocenters. The third-order valence-corrected chi connectivity index (χ3v) is 6.80. The fraction of sp³-hybridized carbons (Fsp3) is 0.560. The SMILES string of the molecule is CCCCC(CC)N1N=CCc2c1c1c([nH]c2=O)CC=C(C)C(C(=O)N2CCNCC2)=C1. The van der Waals surface area contributed by atoms with Crippen molar-refractivity contribution in [3.63, 3.8) is 0 Å². The van der Waals surface area contributed by atoms with Gasteiger partial charge < -0.3 is 15.2 Å². The van der Waals surface area contributed by atoms with Crippen LogP contribution in [-0.4, -0.2) is 54.2 Å². The molecule has 7 nitrogen and oxygen atoms in total. The van der Waals surface area contributed by atoms with E-state index in [9.17, 15) is 9.59 Å². The number of rotatable bonds is 6. The van der Waals surface area contributed by atoms with Gasteiger partial charge in [0.05, 0.1) is 11.7 Å². The number of hydrogen-bond donors (Lipinski definition) is 2. The number of fused-ring (bicyclic) bond motifs is 3. The second-order valence-electron chi connectivity index (χ2n) is 8.92. The van der Waals surface area contributed by atoms with E-state index in [1.807, 2.05) is 24.1 Å². The van der Waals surface area contributed by atoms with Crippen molar-refractivity contribution >= 4 is 23.9 Å². The molecule has 32 heavy (non-hydrogen) atoms. The highest BCUT2D eigenvalue weighted by Gasteiger charge is 2.30. The molecule has 0 radical (unpaired) electrons. The maximum atomic E-state index is 13.4. The minimum Gasteiger partial charge on any atom is -0.336 e. The van der Waals surface area contributed by atoms with E-state index in [1.54, 1.807) is 0 Å². The van der Waals surface area contributed by atoms with E-state index in [2.05, 4.69) is 35.2 Å². The molecule has 3 heterocycles. The number of H-pyrrole nitrogens is 1. The highest BCUT2D eigenvalue weighted by molar-refractivity contribution is 6.03. The number of hydrogen-bond acceptors (Lipinski definition) is 5. The molecule has 1 saturated heterocycles. The van der Waals surface area contributed by atoms with E-state index in [0.717, 1.165) is 72.4 Å². The van der Waals surface area contributed by atoms with E-state index in [4.69, 9.17) is 5.10 Å². The summed E-state index contributed by atoms with van der Waals surface area (Å²) < 4.78 is 0. The first kappa shape index (κ1) is 22.5. The van der Waals surface area contributed by atoms with Crippen LogP contribution in [-0.2, 0) is 17.6 Å². The van der Waals surface area contributed by atoms with Gasteiger partial charge in [-0.1, -0.05) is 32.8 Å². The van der Waals surface area contributed by atoms with Crippen molar-refractivity contribution in [1.82, 2.24) is 15.2 Å². The molecule has 0 saturated carbocycles. The van der Waals surface area contributed by atoms with Crippen LogP contribution >= 0.6 is 0 Å². The average Bonchev–Trinajstić information content (AvgIpc) is 2.98. The first-order chi connectivity index (χ1) is 15.5. The van der Waals surface area contributed by atoms with Crippen LogP contribution in [0.25, 0.3) is 6.08 Å². The van der Waals surface area contributed by atoms with Crippen molar-refractivity contribution in [2.24, 2.45) is 5.10 Å². The van der Waals surface area contributed by atoms with Gasteiger partial charge in [0.2, 0.25) is 0 Å². The molecule has 0 spiro atoms. The van der Waals surface area contributed by atoms with Crippen LogP contribution in [0.15, 0.2) is 27.1 Å². The number of carbonyl (C=O) groups is 1. The second-order valence-corrected chi connectivity index (χ2v) is 8.92. The van der Waals surface area contributed by atoms with Crippen molar-refractivity contribution < 1.29 is 4.79 Å². The summed E-state index contributed by atoms with van der Waals surface area (Å²) in [7, 11) is 0. The Hall–Kier alpha value is -2.67. The van der Waals surface area contributed by atoms with Gasteiger partial charge in [-0.3, -0.25) is 14.6 Å². The summed E-state index contributed by atoms with van der Waals surface area (Å²) in [5, 5.41) is 10.1. The van der Waals surface area contributed by atoms with Gasteiger partial charge in [0.1, 0.15) is 0 Å². The number of piperazine rings is 1. The number of unbranched alkanes of at least 4 members (excludes halogenated alkanes) is 1. The Bertz CT molecular complexity index is 1010. The predicted molar refractivity (Wildman–Crippen MR) is 130 cm³/mol. The molecule has 1 aliphatic carbocycles. The minimum absolute atomic E-state index is 0.0448. The number of allylic oxidation sites excluding steroid dienone is 1. The Labute approximate surface area is 190 Å². The number of aromatic amines is 1. The number of nitrogens with zero attached hydrogens (tertiary/aromatic N) is 3. The second kappa shape index (κ2) is 9.86. The molecule has 0 bridgehead atoms. The van der Waals surface area contributed by atoms with E-state index in [-0.39, 0.29) is 17.5 Å². The minimum atomic E-state index is -0.0448. The van der Waals surface area contributed by atoms with E-state index < -0.39 is 0 Å². The molecule has 4 rings (SSSR count). The standard InChI is InChI=1S/C25H35N5O2/c1-4-6-7-18(5-2)30-23-19(10-11-27-30)24(31)28-22-9-8-17(3)20(16-21(22)23)25(32)29-14-12-26-13-15-29/h8,11,16,18,26H,4-7,9-10,12-15H2,1-3H3,(H,28,31). The summed E-state index contributed by atoms with van der Waals surface area (Å²) in [6, 6.07) is 0.231. The Morgan fingerprint density at radius 1 is 1.22 bits per heavy atom. The Balaban J connectivity index is 1.82. The third kappa shape index (κ3) is 4.31. The highest BCUT2D eigenvalue weighted by atomic mass is 16.2. The summed E-state index contributed by atoms with van der Waals surface area (Å²) in [6.45, 7) is 9.43. The van der Waals surface area contributed by atoms with Crippen molar-refractivity contribution in [2.75, 3.05) is 31.2 Å². The van der Waals surface area contributed by atoms with Gasteiger partial charge in [0, 0.05) is 67.6 Å². The zero-order chi connectivity index (χ0) is 22.7. The fourth-order valence-corrected chi connectivity index (χ4v) is 4.85. The molecule has 1 amide bonds. The molecule has 1 aromatic heterocycles. The first-order valence-corrected chi connectivity index (χ1v) is 12.0. The number of anilines is 1. The third-order valence-electron chi connectivity index (χ3n) is 6.80. The lowest BCUT2D eigenvalue weighted by Crippen LogP contribution is -2.47. The van der Waals surface area contributed by atoms with Crippen molar-refractivity contribution in [3.8, 4) is 0 Å². The van der Waals surface area contributed by atoms with Crippen LogP contribution in [0.1, 0.15) is 63.3 Å². The van der Waals surface area contributed by atoms with Crippen molar-refractivity contribution in [3.05, 3.63) is 44.4 Å². The molecule has 1 aromatic rings. The van der Waals surface area contributed by atoms with Gasteiger partial charge >= 0.3 is 0 Å². The predicted octanol–water partition coefficient (Wildman–Crippen LogP) is 3.01. The van der Waals surface area contributed by atoms with Crippen LogP contribution in [0.2, 0.25) is 0 Å². The van der Waals surface area contributed by atoms with Crippen LogP contribution in [0.3, 0.4) is 0 Å². The Morgan fingerprint density at radius 2 is 2.00 bits per heavy atom. The molecule has 1 atom stereocenters. The topological polar surface area (TPSA) is 80.8 Å². The maximum absolute atomic E-state index is 13.4. The Kier molecular flexibility index (Phi) is 6.94. The van der Waals surface area contributed by atoms with Gasteiger partial charge in [0.15, 0.2) is 0 Å². The number of pyridine rings is 1. The van der Waals surface area contributed by atoms with Gasteiger partial charge in [-0.15, -0.1) is 0 Å². The lowest BCUT2D eigenvalue weighted by molar-refractivity contribution is -0.127. The average molecular weight is 438 g/mol. The number of aromatic nitrogens is 1. The van der Waals surface area contributed by atoms with Crippen molar-refractivity contribution in [1.29, 1.82) is 0 Å². The molecule has 0 aromatic carbocycles. The monoisotopic (exact) mass is 437 g/mol. The molecular formula is C25H35N5O2. The van der Waals surface area contributed by atoms with E-state index in [1.165, 1.54) is 0 Å². The quantitative estimate of drug-likeness (QED) is 0.717. The van der Waals surface area contributed by atoms with Crippen molar-refractivity contribution in [2.45, 2.75) is 65.3 Å². The van der Waals surface area contributed by atoms with E-state index in [0.29, 0.717) is 25.9 Å². The smallest absolute Gasteiger partial charge is 0.254 e. The fourth-order valence-electron chi connectivity index (χ4n) is 4.85. The molecule has 172 valence electrons. The summed E-state index contributed by atoms with van der Waals surface area (Å²) in [4.78, 5) is 31.5. The summed E-state index contributed by atoms with van der Waals surface area (Å²) in [6.07, 6.45) is 11.2. The number of amides is 1. The summed E-state index contributed by atoms with van der Waals surface area (Å²) in [5.41, 5.74) is 5.08. The zero-order valence-corrected chi connectivity index (χ0v) is 19.5. The number of carbonyl (C=O) groups excluding carboxylic acids is 1. The van der Waals surface area contributed by atoms with Gasteiger partial charge in [-0.2, -0.15) is 5.10 Å². The Morgan fingerprint density at radius 3 is 2.72 bits per heavy atom. The van der Waals surface area contributed by atoms with Gasteiger partial charge in [-0.05, 0) is 31.4 Å². The maximum Gasteiger partial charge on any atom is 0.254 e. The zero-order valence-electron chi connectivity index (χ0n) is 19.5. The first-order valence-electron chi connectivity index (χ1n) is 12.0. The molecule has 7 heteroatoms. The summed E-state index contributed by atoms with van der Waals surface area (Å²) >= 11 is 0. The molecule has 1 fully saturated rings. The lowest BCUT2D eigenvalue weighted by atomic mass is 9.97. The van der Waals surface area contributed by atoms with Crippen LogP contribution in [0.4, 0.5) is 5.69 Å². The van der Waals surface area contributed by atoms with Gasteiger partial charge in [0.25, 0.3) is 11.5 Å². The number of nitrogens with one attached hydrogen (secondary N) is 2. The van der Waals surface area contributed by atoms with E-state index >= 15 is 0 Å². The van der Waals surface area contributed by atoms with Crippen LogP contribution in [0.5, 0.6) is 0 Å². The van der Waals surface area contributed by atoms with Crippen LogP contribution in [0, 0.1) is 0 Å². The summed E-state index contributed by atoms with van der Waals surface area (Å²) in [5.74, 6) is 0.0666. The number of hydrazone groups is 1. The normalized spacial score (nSPS) is 19.0. The van der Waals surface area contributed by atoms with Crippen LogP contribution < -0.4 is 15.9 Å².